The molecule has 0 aromatic heterocycles. The lowest BCUT2D eigenvalue weighted by atomic mass is 10.2. The molecule has 10 nitrogen and oxygen atoms in total. The zero-order valence-corrected chi connectivity index (χ0v) is 23.2. The van der Waals surface area contributed by atoms with Crippen LogP contribution in [0.5, 0.6) is 0 Å². The van der Waals surface area contributed by atoms with Crippen LogP contribution in [-0.2, 0) is 38.1 Å². The normalized spacial score (nSPS) is 18.7. The van der Waals surface area contributed by atoms with E-state index in [9.17, 15) is 21.6 Å². The van der Waals surface area contributed by atoms with Gasteiger partial charge in [-0.05, 0) is 58.9 Å². The van der Waals surface area contributed by atoms with Gasteiger partial charge in [-0.2, -0.15) is 16.8 Å². The summed E-state index contributed by atoms with van der Waals surface area (Å²) in [6.07, 6.45) is -2.54. The molecule has 12 heteroatoms. The van der Waals surface area contributed by atoms with Crippen LogP contribution in [0.2, 0.25) is 0 Å². The number of aryl methyl sites for hydroxylation is 2. The number of ether oxygens (including phenoxy) is 2. The van der Waals surface area contributed by atoms with Crippen molar-refractivity contribution in [1.29, 1.82) is 0 Å². The Hall–Kier alpha value is -2.51. The average Bonchev–Trinajstić information content (AvgIpc) is 3.18. The van der Waals surface area contributed by atoms with E-state index >= 15 is 0 Å². The molecule has 1 saturated heterocycles. The van der Waals surface area contributed by atoms with E-state index in [2.05, 4.69) is 0 Å². The van der Waals surface area contributed by atoms with Crippen molar-refractivity contribution in [3.05, 3.63) is 59.7 Å². The van der Waals surface area contributed by atoms with Crippen LogP contribution in [0.15, 0.2) is 58.3 Å². The fourth-order valence-electron chi connectivity index (χ4n) is 3.51. The number of carbonyl (C=O) groups is 1. The molecular weight excluding hydrogens is 522 g/mol. The highest BCUT2D eigenvalue weighted by Gasteiger charge is 2.41. The highest BCUT2D eigenvalue weighted by molar-refractivity contribution is 7.87. The number of rotatable bonds is 9. The third-order valence-electron chi connectivity index (χ3n) is 5.39. The SMILES string of the molecule is Cc1ccc(S(=O)(=O)OCCO[C@H]2CN(C(=O)OC(C)(C)C)C[C@@H]2OS(=O)(=O)c2ccc(C)cc2)cc1. The van der Waals surface area contributed by atoms with Gasteiger partial charge in [-0.1, -0.05) is 35.4 Å². The van der Waals surface area contributed by atoms with Crippen LogP contribution in [0.1, 0.15) is 31.9 Å². The molecule has 0 radical (unpaired) electrons. The second kappa shape index (κ2) is 11.5. The largest absolute Gasteiger partial charge is 0.444 e. The number of amides is 1. The number of likely N-dealkylation sites (tertiary alicyclic amines) is 1. The predicted octanol–water partition coefficient (Wildman–Crippen LogP) is 3.42. The summed E-state index contributed by atoms with van der Waals surface area (Å²) in [4.78, 5) is 13.9. The average molecular weight is 556 g/mol. The van der Waals surface area contributed by atoms with Crippen molar-refractivity contribution in [3.63, 3.8) is 0 Å². The minimum absolute atomic E-state index is 0.00624. The first-order chi connectivity index (χ1) is 17.2. The van der Waals surface area contributed by atoms with Gasteiger partial charge in [0.2, 0.25) is 0 Å². The van der Waals surface area contributed by atoms with E-state index in [1.807, 2.05) is 13.8 Å². The molecule has 0 aliphatic carbocycles. The molecule has 2 atom stereocenters. The fourth-order valence-corrected chi connectivity index (χ4v) is 5.50. The lowest BCUT2D eigenvalue weighted by molar-refractivity contribution is -0.00791. The summed E-state index contributed by atoms with van der Waals surface area (Å²) in [5.74, 6) is 0. The van der Waals surface area contributed by atoms with Crippen molar-refractivity contribution >= 4 is 26.3 Å². The van der Waals surface area contributed by atoms with Crippen LogP contribution in [0.3, 0.4) is 0 Å². The molecule has 204 valence electrons. The number of carbonyl (C=O) groups excluding carboxylic acids is 1. The molecule has 1 fully saturated rings. The highest BCUT2D eigenvalue weighted by atomic mass is 32.2. The molecule has 1 aliphatic rings. The highest BCUT2D eigenvalue weighted by Crippen LogP contribution is 2.24. The molecule has 1 aliphatic heterocycles. The fraction of sp³-hybridized carbons (Fsp3) is 0.480. The molecule has 0 spiro atoms. The van der Waals surface area contributed by atoms with Crippen LogP contribution < -0.4 is 0 Å². The molecule has 2 aromatic carbocycles. The maximum atomic E-state index is 12.9. The lowest BCUT2D eigenvalue weighted by Crippen LogP contribution is -2.36. The van der Waals surface area contributed by atoms with E-state index in [1.54, 1.807) is 45.0 Å². The van der Waals surface area contributed by atoms with Gasteiger partial charge in [-0.3, -0.25) is 8.37 Å². The summed E-state index contributed by atoms with van der Waals surface area (Å²) in [6, 6.07) is 12.4. The Morgan fingerprint density at radius 3 is 1.81 bits per heavy atom. The monoisotopic (exact) mass is 555 g/mol. The van der Waals surface area contributed by atoms with Crippen molar-refractivity contribution in [3.8, 4) is 0 Å². The van der Waals surface area contributed by atoms with E-state index in [4.69, 9.17) is 17.8 Å². The van der Waals surface area contributed by atoms with Crippen LogP contribution in [-0.4, -0.2) is 71.9 Å². The van der Waals surface area contributed by atoms with Gasteiger partial charge < -0.3 is 14.4 Å². The van der Waals surface area contributed by atoms with Gasteiger partial charge in [0.25, 0.3) is 20.2 Å². The summed E-state index contributed by atoms with van der Waals surface area (Å²) in [5.41, 5.74) is 1.04. The van der Waals surface area contributed by atoms with Gasteiger partial charge in [0.1, 0.15) is 17.8 Å². The summed E-state index contributed by atoms with van der Waals surface area (Å²) < 4.78 is 72.2. The molecule has 1 heterocycles. The number of hydrogen-bond donors (Lipinski definition) is 0. The van der Waals surface area contributed by atoms with Gasteiger partial charge in [0, 0.05) is 0 Å². The summed E-state index contributed by atoms with van der Waals surface area (Å²) in [5, 5.41) is 0. The third kappa shape index (κ3) is 8.24. The molecule has 1 amide bonds. The van der Waals surface area contributed by atoms with Gasteiger partial charge in [-0.15, -0.1) is 0 Å². The van der Waals surface area contributed by atoms with Crippen molar-refractivity contribution in [1.82, 2.24) is 4.90 Å². The van der Waals surface area contributed by atoms with Crippen LogP contribution >= 0.6 is 0 Å². The zero-order valence-electron chi connectivity index (χ0n) is 21.5. The first kappa shape index (κ1) is 29.1. The lowest BCUT2D eigenvalue weighted by Gasteiger charge is -2.24. The van der Waals surface area contributed by atoms with Gasteiger partial charge in [-0.25, -0.2) is 4.79 Å². The molecule has 0 N–H and O–H groups in total. The van der Waals surface area contributed by atoms with E-state index in [0.717, 1.165) is 11.1 Å². The standard InChI is InChI=1S/C25H33NO9S2/c1-18-6-10-20(11-7-18)36(28,29)33-15-14-32-22-16-26(24(27)34-25(3,4)5)17-23(22)35-37(30,31)21-12-8-19(2)9-13-21/h6-13,22-23H,14-17H2,1-5H3/t22-,23-/m0/s1. The Balaban J connectivity index is 1.67. The number of benzene rings is 2. The second-order valence-electron chi connectivity index (χ2n) is 9.79. The quantitative estimate of drug-likeness (QED) is 0.338. The number of nitrogens with zero attached hydrogens (tertiary/aromatic N) is 1. The maximum absolute atomic E-state index is 12.9. The smallest absolute Gasteiger partial charge is 0.410 e. The van der Waals surface area contributed by atoms with Crippen LogP contribution in [0.4, 0.5) is 4.79 Å². The van der Waals surface area contributed by atoms with E-state index in [-0.39, 0.29) is 36.1 Å². The summed E-state index contributed by atoms with van der Waals surface area (Å²) in [7, 11) is -8.15. The van der Waals surface area contributed by atoms with E-state index in [0.29, 0.717) is 0 Å². The first-order valence-electron chi connectivity index (χ1n) is 11.7. The van der Waals surface area contributed by atoms with Gasteiger partial charge >= 0.3 is 6.09 Å². The first-order valence-corrected chi connectivity index (χ1v) is 14.5. The maximum Gasteiger partial charge on any atom is 0.410 e. The predicted molar refractivity (Wildman–Crippen MR) is 135 cm³/mol. The minimum atomic E-state index is -4.16. The molecule has 2 aromatic rings. The summed E-state index contributed by atoms with van der Waals surface area (Å²) in [6.45, 7) is 8.24. The van der Waals surface area contributed by atoms with Crippen molar-refractivity contribution < 1.29 is 39.5 Å². The molecular formula is C25H33NO9S2. The zero-order chi connectivity index (χ0) is 27.4. The molecule has 0 bridgehead atoms. The Morgan fingerprint density at radius 1 is 0.811 bits per heavy atom. The Morgan fingerprint density at radius 2 is 1.30 bits per heavy atom. The van der Waals surface area contributed by atoms with Gasteiger partial charge in [0.05, 0.1) is 36.1 Å². The summed E-state index contributed by atoms with van der Waals surface area (Å²) >= 11 is 0. The van der Waals surface area contributed by atoms with Crippen molar-refractivity contribution in [2.75, 3.05) is 26.3 Å². The minimum Gasteiger partial charge on any atom is -0.444 e. The van der Waals surface area contributed by atoms with E-state index in [1.165, 1.54) is 29.2 Å². The van der Waals surface area contributed by atoms with Gasteiger partial charge in [0.15, 0.2) is 0 Å². The molecule has 0 unspecified atom stereocenters. The van der Waals surface area contributed by atoms with Crippen LogP contribution in [0, 0.1) is 13.8 Å². The van der Waals surface area contributed by atoms with Crippen LogP contribution in [0.25, 0.3) is 0 Å². The van der Waals surface area contributed by atoms with Crippen molar-refractivity contribution in [2.24, 2.45) is 0 Å². The topological polar surface area (TPSA) is 126 Å². The number of hydrogen-bond acceptors (Lipinski definition) is 9. The Kier molecular flexibility index (Phi) is 9.01. The van der Waals surface area contributed by atoms with E-state index < -0.39 is 44.1 Å². The van der Waals surface area contributed by atoms with Crippen molar-refractivity contribution in [2.45, 2.75) is 62.2 Å². The molecule has 3 rings (SSSR count). The second-order valence-corrected chi connectivity index (χ2v) is 13.0. The third-order valence-corrected chi connectivity index (χ3v) is 8.07. The Bertz CT molecular complexity index is 1280. The Labute approximate surface area is 218 Å². The molecule has 0 saturated carbocycles. The molecule has 37 heavy (non-hydrogen) atoms.